The molecule has 1 aromatic rings. The van der Waals surface area contributed by atoms with E-state index in [-0.39, 0.29) is 18.1 Å². The second-order valence-corrected chi connectivity index (χ2v) is 5.32. The maximum absolute atomic E-state index is 5.80. The average molecular weight is 295 g/mol. The first-order chi connectivity index (χ1) is 9.61. The maximum atomic E-state index is 5.80. The molecule has 1 aliphatic heterocycles. The van der Waals surface area contributed by atoms with Gasteiger partial charge in [-0.1, -0.05) is 42.2 Å². The monoisotopic (exact) mass is 294 g/mol. The number of hydrogen-bond acceptors (Lipinski definition) is 3. The van der Waals surface area contributed by atoms with Gasteiger partial charge < -0.3 is 14.2 Å². The fourth-order valence-electron chi connectivity index (χ4n) is 2.09. The highest BCUT2D eigenvalue weighted by molar-refractivity contribution is 6.19. The molecule has 1 saturated heterocycles. The zero-order valence-electron chi connectivity index (χ0n) is 11.8. The minimum Gasteiger partial charge on any atom is -0.374 e. The van der Waals surface area contributed by atoms with Crippen LogP contribution in [0.2, 0.25) is 0 Å². The lowest BCUT2D eigenvalue weighted by atomic mass is 10.2. The predicted octanol–water partition coefficient (Wildman–Crippen LogP) is 2.97. The van der Waals surface area contributed by atoms with Crippen LogP contribution < -0.4 is 0 Å². The summed E-state index contributed by atoms with van der Waals surface area (Å²) < 4.78 is 17.2. The lowest BCUT2D eigenvalue weighted by Crippen LogP contribution is -2.27. The second-order valence-electron chi connectivity index (χ2n) is 5.05. The van der Waals surface area contributed by atoms with Gasteiger partial charge in [0.15, 0.2) is 5.79 Å². The van der Waals surface area contributed by atoms with E-state index in [9.17, 15) is 0 Å². The Balaban J connectivity index is 1.87. The van der Waals surface area contributed by atoms with Gasteiger partial charge in [-0.05, 0) is 19.4 Å². The summed E-state index contributed by atoms with van der Waals surface area (Å²) in [6, 6.07) is 10.0. The van der Waals surface area contributed by atoms with Gasteiger partial charge in [-0.25, -0.2) is 0 Å². The Morgan fingerprint density at radius 3 is 2.70 bits per heavy atom. The molecule has 2 atom stereocenters. The van der Waals surface area contributed by atoms with Crippen molar-refractivity contribution in [3.8, 4) is 11.8 Å². The SMILES string of the molecule is CC1(C)O[C@@H](C#CCCl)[C@H](COCc2ccccc2)O1. The highest BCUT2D eigenvalue weighted by atomic mass is 35.5. The Hall–Kier alpha value is -1.05. The smallest absolute Gasteiger partial charge is 0.165 e. The van der Waals surface area contributed by atoms with E-state index in [0.29, 0.717) is 13.2 Å². The molecule has 0 aromatic heterocycles. The first-order valence-electron chi connectivity index (χ1n) is 6.62. The number of benzene rings is 1. The standard InChI is InChI=1S/C16H19ClO3/c1-16(2)19-14(9-6-10-17)15(20-16)12-18-11-13-7-4-3-5-8-13/h3-5,7-8,14-15H,10-12H2,1-2H3/t14-,15-/m0/s1. The normalized spacial score (nSPS) is 24.1. The third-order valence-corrected chi connectivity index (χ3v) is 3.02. The summed E-state index contributed by atoms with van der Waals surface area (Å²) in [5.74, 6) is 5.45. The molecular weight excluding hydrogens is 276 g/mol. The number of hydrogen-bond donors (Lipinski definition) is 0. The van der Waals surface area contributed by atoms with Crippen LogP contribution in [0.25, 0.3) is 0 Å². The van der Waals surface area contributed by atoms with Gasteiger partial charge in [-0.2, -0.15) is 0 Å². The predicted molar refractivity (Wildman–Crippen MR) is 78.4 cm³/mol. The molecule has 1 aliphatic rings. The molecule has 0 radical (unpaired) electrons. The molecule has 0 aliphatic carbocycles. The van der Waals surface area contributed by atoms with E-state index in [2.05, 4.69) is 11.8 Å². The van der Waals surface area contributed by atoms with Crippen molar-refractivity contribution >= 4 is 11.6 Å². The zero-order valence-corrected chi connectivity index (χ0v) is 12.5. The first-order valence-corrected chi connectivity index (χ1v) is 7.16. The molecule has 0 spiro atoms. The number of alkyl halides is 1. The molecule has 0 bridgehead atoms. The number of ether oxygens (including phenoxy) is 3. The summed E-state index contributed by atoms with van der Waals surface area (Å²) in [7, 11) is 0. The van der Waals surface area contributed by atoms with Crippen LogP contribution in [0.1, 0.15) is 19.4 Å². The number of rotatable bonds is 4. The third-order valence-electron chi connectivity index (χ3n) is 2.89. The Kier molecular flexibility index (Phi) is 5.45. The lowest BCUT2D eigenvalue weighted by Gasteiger charge is -2.16. The largest absolute Gasteiger partial charge is 0.374 e. The summed E-state index contributed by atoms with van der Waals surface area (Å²) in [4.78, 5) is 0. The molecule has 108 valence electrons. The quantitative estimate of drug-likeness (QED) is 0.631. The van der Waals surface area contributed by atoms with Gasteiger partial charge in [0.1, 0.15) is 12.2 Å². The van der Waals surface area contributed by atoms with Crippen molar-refractivity contribution in [1.29, 1.82) is 0 Å². The fourth-order valence-corrected chi connectivity index (χ4v) is 2.16. The van der Waals surface area contributed by atoms with E-state index in [1.165, 1.54) is 0 Å². The maximum Gasteiger partial charge on any atom is 0.165 e. The second kappa shape index (κ2) is 7.10. The van der Waals surface area contributed by atoms with Crippen molar-refractivity contribution in [3.63, 3.8) is 0 Å². The van der Waals surface area contributed by atoms with Crippen LogP contribution >= 0.6 is 11.6 Å². The molecule has 0 unspecified atom stereocenters. The lowest BCUT2D eigenvalue weighted by molar-refractivity contribution is -0.148. The summed E-state index contributed by atoms with van der Waals surface area (Å²) in [5, 5.41) is 0. The van der Waals surface area contributed by atoms with Crippen molar-refractivity contribution in [2.24, 2.45) is 0 Å². The van der Waals surface area contributed by atoms with Crippen molar-refractivity contribution in [3.05, 3.63) is 35.9 Å². The van der Waals surface area contributed by atoms with Crippen molar-refractivity contribution in [1.82, 2.24) is 0 Å². The molecule has 2 rings (SSSR count). The van der Waals surface area contributed by atoms with Gasteiger partial charge in [0.2, 0.25) is 0 Å². The van der Waals surface area contributed by atoms with Gasteiger partial charge in [0.05, 0.1) is 19.1 Å². The highest BCUT2D eigenvalue weighted by Gasteiger charge is 2.40. The van der Waals surface area contributed by atoms with Gasteiger partial charge in [0.25, 0.3) is 0 Å². The summed E-state index contributed by atoms with van der Waals surface area (Å²) >= 11 is 5.58. The van der Waals surface area contributed by atoms with Gasteiger partial charge in [0, 0.05) is 0 Å². The van der Waals surface area contributed by atoms with E-state index in [4.69, 9.17) is 25.8 Å². The first kappa shape index (κ1) is 15.3. The van der Waals surface area contributed by atoms with E-state index in [1.807, 2.05) is 44.2 Å². The van der Waals surface area contributed by atoms with Crippen LogP contribution in [0.5, 0.6) is 0 Å². The van der Waals surface area contributed by atoms with Crippen LogP contribution in [0, 0.1) is 11.8 Å². The molecule has 1 aromatic carbocycles. The van der Waals surface area contributed by atoms with E-state index < -0.39 is 5.79 Å². The van der Waals surface area contributed by atoms with Crippen LogP contribution in [-0.4, -0.2) is 30.5 Å². The Bertz CT molecular complexity index is 475. The van der Waals surface area contributed by atoms with Crippen molar-refractivity contribution in [2.45, 2.75) is 38.4 Å². The van der Waals surface area contributed by atoms with Crippen molar-refractivity contribution < 1.29 is 14.2 Å². The van der Waals surface area contributed by atoms with Crippen LogP contribution in [0.4, 0.5) is 0 Å². The minimum absolute atomic E-state index is 0.190. The molecule has 3 nitrogen and oxygen atoms in total. The summed E-state index contributed by atoms with van der Waals surface area (Å²) in [6.07, 6.45) is -0.482. The topological polar surface area (TPSA) is 27.7 Å². The Morgan fingerprint density at radius 1 is 1.25 bits per heavy atom. The zero-order chi connectivity index (χ0) is 14.4. The highest BCUT2D eigenvalue weighted by Crippen LogP contribution is 2.28. The average Bonchev–Trinajstić information content (AvgIpc) is 2.72. The molecule has 20 heavy (non-hydrogen) atoms. The van der Waals surface area contributed by atoms with Gasteiger partial charge >= 0.3 is 0 Å². The van der Waals surface area contributed by atoms with E-state index in [1.54, 1.807) is 0 Å². The van der Waals surface area contributed by atoms with Gasteiger partial charge in [-0.3, -0.25) is 0 Å². The van der Waals surface area contributed by atoms with E-state index >= 15 is 0 Å². The summed E-state index contributed by atoms with van der Waals surface area (Å²) in [5.41, 5.74) is 1.13. The number of halogens is 1. The third kappa shape index (κ3) is 4.50. The molecule has 0 N–H and O–H groups in total. The molecule has 4 heteroatoms. The van der Waals surface area contributed by atoms with Crippen LogP contribution in [-0.2, 0) is 20.8 Å². The Labute approximate surface area is 125 Å². The van der Waals surface area contributed by atoms with Crippen LogP contribution in [0.3, 0.4) is 0 Å². The van der Waals surface area contributed by atoms with E-state index in [0.717, 1.165) is 5.56 Å². The van der Waals surface area contributed by atoms with Crippen LogP contribution in [0.15, 0.2) is 30.3 Å². The molecule has 1 heterocycles. The molecular formula is C16H19ClO3. The summed E-state index contributed by atoms with van der Waals surface area (Å²) in [6.45, 7) is 4.75. The van der Waals surface area contributed by atoms with Gasteiger partial charge in [-0.15, -0.1) is 11.6 Å². The Morgan fingerprint density at radius 2 is 2.00 bits per heavy atom. The molecule has 0 saturated carbocycles. The fraction of sp³-hybridized carbons (Fsp3) is 0.500. The van der Waals surface area contributed by atoms with Crippen molar-refractivity contribution in [2.75, 3.05) is 12.5 Å². The molecule has 0 amide bonds. The minimum atomic E-state index is -0.633. The molecule has 1 fully saturated rings.